The minimum Gasteiger partial charge on any atom is -0.394 e. The Labute approximate surface area is 135 Å². The molecule has 2 heterocycles. The molecular formula is C16H14F2N4O2. The third-order valence-corrected chi connectivity index (χ3v) is 3.58. The van der Waals surface area contributed by atoms with Crippen LogP contribution in [0.4, 0.5) is 8.78 Å². The number of hydrogen-bond donors (Lipinski definition) is 2. The number of carbonyl (C=O) groups is 1. The number of fused-ring (bicyclic) bond motifs is 1. The Morgan fingerprint density at radius 3 is 2.58 bits per heavy atom. The van der Waals surface area contributed by atoms with Gasteiger partial charge < -0.3 is 10.4 Å². The van der Waals surface area contributed by atoms with Crippen molar-refractivity contribution in [2.24, 2.45) is 0 Å². The van der Waals surface area contributed by atoms with E-state index in [0.717, 1.165) is 9.96 Å². The van der Waals surface area contributed by atoms with Crippen molar-refractivity contribution in [3.8, 4) is 0 Å². The molecular weight excluding hydrogens is 318 g/mol. The summed E-state index contributed by atoms with van der Waals surface area (Å²) in [7, 11) is 0. The fraction of sp³-hybridized carbons (Fsp3) is 0.188. The normalized spacial score (nSPS) is 12.5. The van der Waals surface area contributed by atoms with Crippen LogP contribution in [-0.2, 0) is 0 Å². The van der Waals surface area contributed by atoms with E-state index in [-0.39, 0.29) is 17.8 Å². The molecule has 124 valence electrons. The number of carbonyl (C=O) groups excluding carboxylic acids is 1. The molecule has 3 aromatic rings. The summed E-state index contributed by atoms with van der Waals surface area (Å²) in [6, 6.07) is 11.3. The standard InChI is InChI=1S/C16H14F2N4O2/c17-14(18)15-21-20-13-7-6-11(8-22(13)15)16(24)19-12(9-23)10-4-2-1-3-5-10/h1-8,12,14,23H,9H2,(H,19,24). The van der Waals surface area contributed by atoms with Crippen LogP contribution in [0.15, 0.2) is 48.7 Å². The van der Waals surface area contributed by atoms with Gasteiger partial charge in [-0.05, 0) is 17.7 Å². The van der Waals surface area contributed by atoms with E-state index in [0.29, 0.717) is 0 Å². The third kappa shape index (κ3) is 3.09. The summed E-state index contributed by atoms with van der Waals surface area (Å²) >= 11 is 0. The first-order chi connectivity index (χ1) is 11.6. The van der Waals surface area contributed by atoms with E-state index in [1.807, 2.05) is 6.07 Å². The third-order valence-electron chi connectivity index (χ3n) is 3.58. The van der Waals surface area contributed by atoms with Crippen molar-refractivity contribution in [2.75, 3.05) is 6.61 Å². The maximum absolute atomic E-state index is 12.9. The van der Waals surface area contributed by atoms with E-state index in [4.69, 9.17) is 0 Å². The second-order valence-electron chi connectivity index (χ2n) is 5.12. The summed E-state index contributed by atoms with van der Waals surface area (Å²) < 4.78 is 26.9. The van der Waals surface area contributed by atoms with Gasteiger partial charge in [0.05, 0.1) is 18.2 Å². The van der Waals surface area contributed by atoms with E-state index in [2.05, 4.69) is 15.5 Å². The van der Waals surface area contributed by atoms with Crippen LogP contribution in [0.3, 0.4) is 0 Å². The molecule has 2 aromatic heterocycles. The highest BCUT2D eigenvalue weighted by Gasteiger charge is 2.19. The number of hydrogen-bond acceptors (Lipinski definition) is 4. The Balaban J connectivity index is 1.86. The predicted molar refractivity (Wildman–Crippen MR) is 81.7 cm³/mol. The van der Waals surface area contributed by atoms with Crippen LogP contribution in [0.25, 0.3) is 5.65 Å². The molecule has 0 radical (unpaired) electrons. The quantitative estimate of drug-likeness (QED) is 0.750. The van der Waals surface area contributed by atoms with E-state index in [1.54, 1.807) is 24.3 Å². The number of benzene rings is 1. The minimum absolute atomic E-state index is 0.165. The summed E-state index contributed by atoms with van der Waals surface area (Å²) in [5.41, 5.74) is 1.13. The van der Waals surface area contributed by atoms with Gasteiger partial charge in [0, 0.05) is 6.20 Å². The molecule has 0 fully saturated rings. The molecule has 0 aliphatic heterocycles. The number of halogens is 2. The summed E-state index contributed by atoms with van der Waals surface area (Å²) in [5.74, 6) is -1.02. The zero-order chi connectivity index (χ0) is 17.1. The van der Waals surface area contributed by atoms with Gasteiger partial charge in [-0.1, -0.05) is 30.3 Å². The van der Waals surface area contributed by atoms with Gasteiger partial charge in [-0.3, -0.25) is 9.20 Å². The average molecular weight is 332 g/mol. The zero-order valence-electron chi connectivity index (χ0n) is 12.4. The number of alkyl halides is 2. The molecule has 0 aliphatic carbocycles. The zero-order valence-corrected chi connectivity index (χ0v) is 12.4. The number of aromatic nitrogens is 3. The lowest BCUT2D eigenvalue weighted by atomic mass is 10.1. The molecule has 0 saturated heterocycles. The van der Waals surface area contributed by atoms with Crippen LogP contribution in [0, 0.1) is 0 Å². The van der Waals surface area contributed by atoms with Gasteiger partial charge in [0.1, 0.15) is 0 Å². The van der Waals surface area contributed by atoms with E-state index in [1.165, 1.54) is 18.3 Å². The van der Waals surface area contributed by atoms with Gasteiger partial charge in [0.25, 0.3) is 12.3 Å². The second kappa shape index (κ2) is 6.71. The van der Waals surface area contributed by atoms with Crippen LogP contribution in [0.2, 0.25) is 0 Å². The van der Waals surface area contributed by atoms with Crippen molar-refractivity contribution in [2.45, 2.75) is 12.5 Å². The first kappa shape index (κ1) is 16.0. The number of rotatable bonds is 5. The van der Waals surface area contributed by atoms with E-state index >= 15 is 0 Å². The molecule has 1 atom stereocenters. The number of nitrogens with one attached hydrogen (secondary N) is 1. The topological polar surface area (TPSA) is 79.5 Å². The highest BCUT2D eigenvalue weighted by Crippen LogP contribution is 2.18. The fourth-order valence-electron chi connectivity index (χ4n) is 2.35. The maximum Gasteiger partial charge on any atom is 0.297 e. The number of pyridine rings is 1. The SMILES string of the molecule is O=C(NC(CO)c1ccccc1)c1ccc2nnc(C(F)F)n2c1. The number of nitrogens with zero attached hydrogens (tertiary/aromatic N) is 3. The van der Waals surface area contributed by atoms with Crippen molar-refractivity contribution in [3.05, 3.63) is 65.6 Å². The lowest BCUT2D eigenvalue weighted by Gasteiger charge is -2.16. The first-order valence-corrected chi connectivity index (χ1v) is 7.19. The lowest BCUT2D eigenvalue weighted by molar-refractivity contribution is 0.0915. The smallest absolute Gasteiger partial charge is 0.297 e. The summed E-state index contributed by atoms with van der Waals surface area (Å²) in [6.45, 7) is -0.285. The van der Waals surface area contributed by atoms with Gasteiger partial charge in [-0.15, -0.1) is 10.2 Å². The van der Waals surface area contributed by atoms with Gasteiger partial charge in [0.2, 0.25) is 5.82 Å². The Bertz CT molecular complexity index is 852. The van der Waals surface area contributed by atoms with Crippen molar-refractivity contribution in [3.63, 3.8) is 0 Å². The number of amides is 1. The van der Waals surface area contributed by atoms with Gasteiger partial charge >= 0.3 is 0 Å². The van der Waals surface area contributed by atoms with Crippen LogP contribution < -0.4 is 5.32 Å². The lowest BCUT2D eigenvalue weighted by Crippen LogP contribution is -2.30. The second-order valence-corrected chi connectivity index (χ2v) is 5.12. The van der Waals surface area contributed by atoms with Crippen molar-refractivity contribution >= 4 is 11.6 Å². The Hall–Kier alpha value is -2.87. The summed E-state index contributed by atoms with van der Waals surface area (Å²) in [6.07, 6.45) is -1.54. The number of aliphatic hydroxyl groups excluding tert-OH is 1. The van der Waals surface area contributed by atoms with Crippen molar-refractivity contribution in [1.29, 1.82) is 0 Å². The first-order valence-electron chi connectivity index (χ1n) is 7.19. The van der Waals surface area contributed by atoms with Gasteiger partial charge in [-0.25, -0.2) is 8.78 Å². The molecule has 1 amide bonds. The van der Waals surface area contributed by atoms with Crippen LogP contribution >= 0.6 is 0 Å². The predicted octanol–water partition coefficient (Wildman–Crippen LogP) is 2.13. The summed E-state index contributed by atoms with van der Waals surface area (Å²) in [5, 5.41) is 19.2. The molecule has 6 nitrogen and oxygen atoms in total. The van der Waals surface area contributed by atoms with Crippen molar-refractivity contribution in [1.82, 2.24) is 19.9 Å². The highest BCUT2D eigenvalue weighted by molar-refractivity contribution is 5.94. The largest absolute Gasteiger partial charge is 0.394 e. The molecule has 1 aromatic carbocycles. The maximum atomic E-state index is 12.9. The van der Waals surface area contributed by atoms with Crippen molar-refractivity contribution < 1.29 is 18.7 Å². The molecule has 0 spiro atoms. The summed E-state index contributed by atoms with van der Waals surface area (Å²) in [4.78, 5) is 12.4. The monoisotopic (exact) mass is 332 g/mol. The van der Waals surface area contributed by atoms with Gasteiger partial charge in [0.15, 0.2) is 5.65 Å². The minimum atomic E-state index is -2.80. The molecule has 0 bridgehead atoms. The Morgan fingerprint density at radius 1 is 1.17 bits per heavy atom. The molecule has 2 N–H and O–H groups in total. The van der Waals surface area contributed by atoms with E-state index < -0.39 is 24.2 Å². The van der Waals surface area contributed by atoms with Crippen LogP contribution in [0.5, 0.6) is 0 Å². The Kier molecular flexibility index (Phi) is 4.48. The number of aliphatic hydroxyl groups is 1. The Morgan fingerprint density at radius 2 is 1.92 bits per heavy atom. The fourth-order valence-corrected chi connectivity index (χ4v) is 2.35. The van der Waals surface area contributed by atoms with Crippen LogP contribution in [-0.4, -0.2) is 32.2 Å². The van der Waals surface area contributed by atoms with E-state index in [9.17, 15) is 18.7 Å². The molecule has 0 aliphatic rings. The van der Waals surface area contributed by atoms with Crippen LogP contribution in [0.1, 0.15) is 34.2 Å². The average Bonchev–Trinajstić information content (AvgIpc) is 3.03. The molecule has 3 rings (SSSR count). The molecule has 1 unspecified atom stereocenters. The highest BCUT2D eigenvalue weighted by atomic mass is 19.3. The van der Waals surface area contributed by atoms with Gasteiger partial charge in [-0.2, -0.15) is 0 Å². The molecule has 0 saturated carbocycles. The molecule has 24 heavy (non-hydrogen) atoms. The molecule has 8 heteroatoms.